The van der Waals surface area contributed by atoms with Gasteiger partial charge in [0.05, 0.1) is 16.8 Å². The van der Waals surface area contributed by atoms with Crippen LogP contribution in [-0.2, 0) is 16.1 Å². The van der Waals surface area contributed by atoms with E-state index < -0.39 is 24.0 Å². The highest BCUT2D eigenvalue weighted by atomic mass is 16.5. The lowest BCUT2D eigenvalue weighted by atomic mass is 10.2. The number of nitrogens with zero attached hydrogens (tertiary/aromatic N) is 1. The Labute approximate surface area is 184 Å². The number of urea groups is 1. The molecule has 2 aromatic carbocycles. The summed E-state index contributed by atoms with van der Waals surface area (Å²) in [6.45, 7) is 5.21. The summed E-state index contributed by atoms with van der Waals surface area (Å²) in [4.78, 5) is 36.6. The van der Waals surface area contributed by atoms with Gasteiger partial charge in [0.2, 0.25) is 0 Å². The molecule has 0 bridgehead atoms. The largest absolute Gasteiger partial charge is 0.489 e. The molecule has 0 radical (unpaired) electrons. The molecule has 0 aliphatic rings. The Kier molecular flexibility index (Phi) is 7.22. The molecule has 3 amide bonds. The number of carbonyl (C=O) groups is 3. The number of benzene rings is 2. The molecule has 3 rings (SSSR count). The fraction of sp³-hybridized carbons (Fsp3) is 0.217. The Morgan fingerprint density at radius 1 is 1.06 bits per heavy atom. The summed E-state index contributed by atoms with van der Waals surface area (Å²) in [5, 5.41) is 8.52. The van der Waals surface area contributed by atoms with Gasteiger partial charge in [0.1, 0.15) is 18.1 Å². The van der Waals surface area contributed by atoms with Crippen LogP contribution in [0.3, 0.4) is 0 Å². The van der Waals surface area contributed by atoms with Crippen LogP contribution in [0.2, 0.25) is 0 Å². The summed E-state index contributed by atoms with van der Waals surface area (Å²) in [5.41, 5.74) is 2.29. The van der Waals surface area contributed by atoms with Gasteiger partial charge in [0.25, 0.3) is 5.91 Å². The average Bonchev–Trinajstić information content (AvgIpc) is 3.10. The summed E-state index contributed by atoms with van der Waals surface area (Å²) < 4.78 is 16.0. The second-order valence-corrected chi connectivity index (χ2v) is 6.98. The Hall–Kier alpha value is -4.14. The van der Waals surface area contributed by atoms with Crippen LogP contribution in [0.5, 0.6) is 5.75 Å². The number of carbonyl (C=O) groups excluding carboxylic acids is 3. The van der Waals surface area contributed by atoms with Gasteiger partial charge < -0.3 is 19.3 Å². The first-order valence-electron chi connectivity index (χ1n) is 9.86. The van der Waals surface area contributed by atoms with Gasteiger partial charge in [0.15, 0.2) is 6.10 Å². The van der Waals surface area contributed by atoms with Crippen LogP contribution >= 0.6 is 0 Å². The van der Waals surface area contributed by atoms with Crippen LogP contribution in [0.1, 0.15) is 34.3 Å². The van der Waals surface area contributed by atoms with Crippen molar-refractivity contribution in [3.63, 3.8) is 0 Å². The smallest absolute Gasteiger partial charge is 0.339 e. The average molecular weight is 437 g/mol. The van der Waals surface area contributed by atoms with Crippen LogP contribution < -0.4 is 15.4 Å². The number of hydrogen-bond donors (Lipinski definition) is 2. The highest BCUT2D eigenvalue weighted by Gasteiger charge is 2.21. The molecule has 0 aliphatic heterocycles. The molecular weight excluding hydrogens is 414 g/mol. The molecule has 32 heavy (non-hydrogen) atoms. The second-order valence-electron chi connectivity index (χ2n) is 6.98. The summed E-state index contributed by atoms with van der Waals surface area (Å²) in [6.07, 6.45) is -1.18. The number of para-hydroxylation sites is 1. The first-order valence-corrected chi connectivity index (χ1v) is 9.86. The van der Waals surface area contributed by atoms with E-state index in [0.29, 0.717) is 17.2 Å². The molecular formula is C23H23N3O6. The topological polar surface area (TPSA) is 120 Å². The number of esters is 1. The third-order valence-electron chi connectivity index (χ3n) is 4.56. The number of rotatable bonds is 7. The zero-order valence-electron chi connectivity index (χ0n) is 17.9. The van der Waals surface area contributed by atoms with E-state index in [9.17, 15) is 14.4 Å². The molecule has 1 unspecified atom stereocenters. The molecule has 9 nitrogen and oxygen atoms in total. The van der Waals surface area contributed by atoms with Crippen molar-refractivity contribution < 1.29 is 28.4 Å². The van der Waals surface area contributed by atoms with Crippen molar-refractivity contribution in [2.45, 2.75) is 33.5 Å². The molecule has 0 saturated carbocycles. The van der Waals surface area contributed by atoms with Crippen LogP contribution in [0.25, 0.3) is 0 Å². The molecule has 0 spiro atoms. The molecule has 0 aliphatic carbocycles. The number of aryl methyl sites for hydroxylation is 2. The van der Waals surface area contributed by atoms with Crippen molar-refractivity contribution in [1.29, 1.82) is 0 Å². The first kappa shape index (κ1) is 22.5. The molecule has 0 saturated heterocycles. The van der Waals surface area contributed by atoms with Crippen molar-refractivity contribution in [2.75, 3.05) is 5.32 Å². The Balaban J connectivity index is 1.53. The van der Waals surface area contributed by atoms with Crippen molar-refractivity contribution in [3.8, 4) is 5.75 Å². The van der Waals surface area contributed by atoms with E-state index in [1.807, 2.05) is 6.92 Å². The van der Waals surface area contributed by atoms with Crippen molar-refractivity contribution >= 4 is 23.6 Å². The highest BCUT2D eigenvalue weighted by molar-refractivity contribution is 6.03. The van der Waals surface area contributed by atoms with E-state index in [1.54, 1.807) is 49.4 Å². The number of anilines is 1. The molecule has 166 valence electrons. The third-order valence-corrected chi connectivity index (χ3v) is 4.56. The van der Waals surface area contributed by atoms with E-state index in [1.165, 1.54) is 19.1 Å². The number of ether oxygens (including phenoxy) is 2. The van der Waals surface area contributed by atoms with Crippen LogP contribution in [-0.4, -0.2) is 29.2 Å². The minimum atomic E-state index is -1.18. The lowest BCUT2D eigenvalue weighted by Gasteiger charge is -2.14. The highest BCUT2D eigenvalue weighted by Crippen LogP contribution is 2.19. The molecule has 0 fully saturated rings. The SMILES string of the molecule is Cc1noc(C)c1COc1cccc(C(=O)OC(C)C(=O)NC(=O)Nc2ccccc2)c1. The van der Waals surface area contributed by atoms with E-state index in [4.69, 9.17) is 14.0 Å². The molecule has 9 heteroatoms. The van der Waals surface area contributed by atoms with Crippen molar-refractivity contribution in [1.82, 2.24) is 10.5 Å². The summed E-state index contributed by atoms with van der Waals surface area (Å²) >= 11 is 0. The quantitative estimate of drug-likeness (QED) is 0.540. The molecule has 3 aromatic rings. The van der Waals surface area contributed by atoms with Crippen LogP contribution in [0.15, 0.2) is 59.1 Å². The van der Waals surface area contributed by atoms with Gasteiger partial charge in [-0.1, -0.05) is 29.4 Å². The van der Waals surface area contributed by atoms with Crippen molar-refractivity contribution in [3.05, 3.63) is 77.2 Å². The van der Waals surface area contributed by atoms with Gasteiger partial charge in [-0.15, -0.1) is 0 Å². The van der Waals surface area contributed by atoms with Crippen LogP contribution in [0, 0.1) is 13.8 Å². The minimum Gasteiger partial charge on any atom is -0.489 e. The van der Waals surface area contributed by atoms with Gasteiger partial charge in [-0.2, -0.15) is 0 Å². The number of amides is 3. The minimum absolute atomic E-state index is 0.203. The van der Waals surface area contributed by atoms with E-state index >= 15 is 0 Å². The standard InChI is InChI=1S/C23H23N3O6/c1-14-20(15(2)32-26-14)13-30-19-11-7-8-17(12-19)22(28)31-16(3)21(27)25-23(29)24-18-9-5-4-6-10-18/h4-12,16H,13H2,1-3H3,(H2,24,25,27,29). The predicted molar refractivity (Wildman–Crippen MR) is 115 cm³/mol. The molecule has 1 atom stereocenters. The fourth-order valence-electron chi connectivity index (χ4n) is 2.76. The van der Waals surface area contributed by atoms with Gasteiger partial charge >= 0.3 is 12.0 Å². The Morgan fingerprint density at radius 2 is 1.81 bits per heavy atom. The zero-order valence-corrected chi connectivity index (χ0v) is 17.9. The van der Waals surface area contributed by atoms with Gasteiger partial charge in [-0.05, 0) is 51.1 Å². The first-order chi connectivity index (χ1) is 15.3. The maximum absolute atomic E-state index is 12.4. The monoisotopic (exact) mass is 437 g/mol. The van der Waals surface area contributed by atoms with E-state index in [-0.39, 0.29) is 12.2 Å². The number of hydrogen-bond acceptors (Lipinski definition) is 7. The maximum Gasteiger partial charge on any atom is 0.339 e. The Morgan fingerprint density at radius 3 is 2.50 bits per heavy atom. The van der Waals surface area contributed by atoms with Gasteiger partial charge in [0, 0.05) is 5.69 Å². The number of imide groups is 1. The molecule has 1 heterocycles. The molecule has 2 N–H and O–H groups in total. The number of nitrogens with one attached hydrogen (secondary N) is 2. The predicted octanol–water partition coefficient (Wildman–Crippen LogP) is 3.76. The summed E-state index contributed by atoms with van der Waals surface area (Å²) in [6, 6.07) is 14.3. The van der Waals surface area contributed by atoms with E-state index in [2.05, 4.69) is 15.8 Å². The second kappa shape index (κ2) is 10.3. The molecule has 1 aromatic heterocycles. The van der Waals surface area contributed by atoms with Crippen molar-refractivity contribution in [2.24, 2.45) is 0 Å². The van der Waals surface area contributed by atoms with E-state index in [0.717, 1.165) is 11.3 Å². The van der Waals surface area contributed by atoms with Gasteiger partial charge in [-0.25, -0.2) is 9.59 Å². The summed E-state index contributed by atoms with van der Waals surface area (Å²) in [5.74, 6) is -0.371. The fourth-order valence-corrected chi connectivity index (χ4v) is 2.76. The number of aromatic nitrogens is 1. The normalized spacial score (nSPS) is 11.3. The lowest BCUT2D eigenvalue weighted by Crippen LogP contribution is -2.41. The summed E-state index contributed by atoms with van der Waals surface area (Å²) in [7, 11) is 0. The van der Waals surface area contributed by atoms with Gasteiger partial charge in [-0.3, -0.25) is 10.1 Å². The van der Waals surface area contributed by atoms with Crippen LogP contribution in [0.4, 0.5) is 10.5 Å². The lowest BCUT2D eigenvalue weighted by molar-refractivity contribution is -0.127. The Bertz CT molecular complexity index is 1090. The zero-order chi connectivity index (χ0) is 23.1. The third kappa shape index (κ3) is 5.94. The maximum atomic E-state index is 12.4.